The van der Waals surface area contributed by atoms with Crippen molar-refractivity contribution in [3.8, 4) is 28.1 Å². The Morgan fingerprint density at radius 3 is 2.39 bits per heavy atom. The van der Waals surface area contributed by atoms with Gasteiger partial charge in [0.1, 0.15) is 36.1 Å². The molecule has 4 N–H and O–H groups in total. The summed E-state index contributed by atoms with van der Waals surface area (Å²) in [7, 11) is 2.60. The molecule has 3 aromatic carbocycles. The van der Waals surface area contributed by atoms with Crippen LogP contribution in [0.25, 0.3) is 44.2 Å². The second kappa shape index (κ2) is 18.7. The van der Waals surface area contributed by atoms with E-state index in [1.807, 2.05) is 44.9 Å². The number of alkyl carbamates (subject to hydrolysis) is 2. The number of hydrogen-bond donors (Lipinski definition) is 4. The number of carbonyl (C=O) groups is 4. The molecule has 324 valence electrons. The number of nitrogens with zero attached hydrogens (tertiary/aromatic N) is 4. The van der Waals surface area contributed by atoms with Crippen molar-refractivity contribution in [3.63, 3.8) is 0 Å². The number of benzene rings is 3. The Morgan fingerprint density at radius 1 is 0.934 bits per heavy atom. The van der Waals surface area contributed by atoms with E-state index in [1.54, 1.807) is 4.90 Å². The van der Waals surface area contributed by atoms with Crippen molar-refractivity contribution in [2.45, 2.75) is 104 Å². The maximum atomic E-state index is 13.9. The van der Waals surface area contributed by atoms with Gasteiger partial charge in [-0.15, -0.1) is 0 Å². The van der Waals surface area contributed by atoms with Gasteiger partial charge in [-0.1, -0.05) is 72.1 Å². The number of aromatic amines is 2. The minimum Gasteiger partial charge on any atom is -0.488 e. The minimum absolute atomic E-state index is 0.0667. The summed E-state index contributed by atoms with van der Waals surface area (Å²) in [6.45, 7) is 11.8. The van der Waals surface area contributed by atoms with Crippen LogP contribution in [0.1, 0.15) is 96.4 Å². The number of hydrogen-bond acceptors (Lipinski definition) is 9. The van der Waals surface area contributed by atoms with Crippen LogP contribution >= 0.6 is 0 Å². The molecule has 2 aromatic heterocycles. The molecular weight excluding hydrogens is 777 g/mol. The first-order chi connectivity index (χ1) is 29.5. The SMILES string of the molecule is CCCCN(Cc1nc2ccc3cc4c(cc3c2[nH]1)OCc1cc(-c2cnc([C@@H]3CCCN3C(=O)[C@@H](NC(=O)OC)[C@@H](C)CC)[nH]2)ccc1-4)C(=O)[C@@H](NC(=O)OC)[C@@H](C)CC. The number of methoxy groups -OCH3 is 2. The van der Waals surface area contributed by atoms with Crippen LogP contribution in [0.4, 0.5) is 9.59 Å². The van der Waals surface area contributed by atoms with Gasteiger partial charge < -0.3 is 44.6 Å². The van der Waals surface area contributed by atoms with E-state index in [-0.39, 0.29) is 36.2 Å². The van der Waals surface area contributed by atoms with Crippen LogP contribution in [0.2, 0.25) is 0 Å². The second-order valence-electron chi connectivity index (χ2n) is 16.4. The van der Waals surface area contributed by atoms with Crippen LogP contribution in [0, 0.1) is 11.8 Å². The standard InChI is InChI=1S/C46H58N8O7/c1-8-11-18-53(43(55)39(26(4)9-2)51-45(57)59-6)24-38-48-34-17-15-28-21-33-31-16-14-29(20-30(31)25-61-37(33)22-32(28)41(34)50-38)35-23-47-42(49-35)36-13-12-19-54(36)44(56)40(27(5)10-3)52-46(58)60-7/h14-17,20-23,26-27,36,39-40H,8-13,18-19,24-25H2,1-7H3,(H,47,49)(H,48,50)(H,51,57)(H,52,58)/t26-,27-,36-,39-,40-/m0/s1. The predicted octanol–water partition coefficient (Wildman–Crippen LogP) is 8.00. The Kier molecular flexibility index (Phi) is 13.1. The Labute approximate surface area is 356 Å². The molecular formula is C46H58N8O7. The fourth-order valence-electron chi connectivity index (χ4n) is 8.46. The normalized spacial score (nSPS) is 16.5. The van der Waals surface area contributed by atoms with Gasteiger partial charge in [0.05, 0.1) is 49.7 Å². The summed E-state index contributed by atoms with van der Waals surface area (Å²) in [6, 6.07) is 12.9. The molecule has 5 aromatic rings. The van der Waals surface area contributed by atoms with Crippen molar-refractivity contribution in [2.75, 3.05) is 27.3 Å². The highest BCUT2D eigenvalue weighted by Gasteiger charge is 2.38. The van der Waals surface area contributed by atoms with Gasteiger partial charge in [0.15, 0.2) is 0 Å². The van der Waals surface area contributed by atoms with Crippen LogP contribution < -0.4 is 15.4 Å². The predicted molar refractivity (Wildman–Crippen MR) is 233 cm³/mol. The highest BCUT2D eigenvalue weighted by molar-refractivity contribution is 6.07. The summed E-state index contributed by atoms with van der Waals surface area (Å²) in [5, 5.41) is 7.50. The number of aromatic nitrogens is 4. The number of amides is 4. The van der Waals surface area contributed by atoms with Gasteiger partial charge in [-0.3, -0.25) is 9.59 Å². The summed E-state index contributed by atoms with van der Waals surface area (Å²) in [5.41, 5.74) is 6.57. The molecule has 15 nitrogen and oxygen atoms in total. The van der Waals surface area contributed by atoms with Crippen LogP contribution in [0.3, 0.4) is 0 Å². The van der Waals surface area contributed by atoms with Gasteiger partial charge in [-0.2, -0.15) is 0 Å². The quantitative estimate of drug-likeness (QED) is 0.0812. The number of ether oxygens (including phenoxy) is 3. The number of imidazole rings is 2. The van der Waals surface area contributed by atoms with Crippen LogP contribution in [0.15, 0.2) is 48.7 Å². The topological polar surface area (TPSA) is 184 Å². The van der Waals surface area contributed by atoms with Gasteiger partial charge in [-0.05, 0) is 77.4 Å². The first-order valence-electron chi connectivity index (χ1n) is 21.5. The Morgan fingerprint density at radius 2 is 1.67 bits per heavy atom. The zero-order valence-corrected chi connectivity index (χ0v) is 36.2. The molecule has 0 radical (unpaired) electrons. The maximum absolute atomic E-state index is 13.9. The Hall–Kier alpha value is -6.12. The second-order valence-corrected chi connectivity index (χ2v) is 16.4. The molecule has 4 heterocycles. The molecule has 15 heteroatoms. The van der Waals surface area contributed by atoms with E-state index in [1.165, 1.54) is 14.2 Å². The Bertz CT molecular complexity index is 2410. The van der Waals surface area contributed by atoms with E-state index in [4.69, 9.17) is 24.2 Å². The molecule has 1 saturated heterocycles. The van der Waals surface area contributed by atoms with E-state index in [0.29, 0.717) is 37.8 Å². The average Bonchev–Trinajstić information content (AvgIpc) is 4.07. The smallest absolute Gasteiger partial charge is 0.407 e. The van der Waals surface area contributed by atoms with Crippen LogP contribution in [0.5, 0.6) is 5.75 Å². The minimum atomic E-state index is -0.717. The van der Waals surface area contributed by atoms with Gasteiger partial charge in [0.25, 0.3) is 0 Å². The molecule has 0 spiro atoms. The summed E-state index contributed by atoms with van der Waals surface area (Å²) < 4.78 is 16.1. The van der Waals surface area contributed by atoms with Gasteiger partial charge >= 0.3 is 12.2 Å². The lowest BCUT2D eigenvalue weighted by Gasteiger charge is -2.30. The molecule has 0 aliphatic carbocycles. The van der Waals surface area contributed by atoms with Gasteiger partial charge in [0.2, 0.25) is 11.8 Å². The first kappa shape index (κ1) is 43.0. The molecule has 61 heavy (non-hydrogen) atoms. The average molecular weight is 835 g/mol. The third-order valence-corrected chi connectivity index (χ3v) is 12.5. The summed E-state index contributed by atoms with van der Waals surface area (Å²) in [6.07, 6.45) is 5.34. The lowest BCUT2D eigenvalue weighted by molar-refractivity contribution is -0.136. The lowest BCUT2D eigenvalue weighted by Crippen LogP contribution is -2.51. The molecule has 0 unspecified atom stereocenters. The molecule has 0 saturated carbocycles. The van der Waals surface area contributed by atoms with E-state index in [9.17, 15) is 19.2 Å². The molecule has 2 aliphatic rings. The zero-order chi connectivity index (χ0) is 43.4. The third kappa shape index (κ3) is 8.87. The monoisotopic (exact) mass is 834 g/mol. The van der Waals surface area contributed by atoms with E-state index < -0.39 is 24.3 Å². The van der Waals surface area contributed by atoms with E-state index in [0.717, 1.165) is 87.6 Å². The van der Waals surface area contributed by atoms with Crippen molar-refractivity contribution in [3.05, 3.63) is 65.9 Å². The van der Waals surface area contributed by atoms with Crippen LogP contribution in [-0.2, 0) is 32.2 Å². The number of likely N-dealkylation sites (tertiary alicyclic amines) is 1. The Balaban J connectivity index is 1.11. The number of nitrogens with one attached hydrogen (secondary N) is 4. The van der Waals surface area contributed by atoms with Gasteiger partial charge in [-0.25, -0.2) is 19.6 Å². The van der Waals surface area contributed by atoms with Crippen molar-refractivity contribution in [1.29, 1.82) is 0 Å². The van der Waals surface area contributed by atoms with E-state index >= 15 is 0 Å². The lowest BCUT2D eigenvalue weighted by atomic mass is 9.92. The number of fused-ring (bicyclic) bond motifs is 6. The van der Waals surface area contributed by atoms with E-state index in [2.05, 4.69) is 63.9 Å². The number of rotatable bonds is 15. The fraction of sp³-hybridized carbons (Fsp3) is 0.478. The number of carbonyl (C=O) groups excluding carboxylic acids is 4. The highest BCUT2D eigenvalue weighted by atomic mass is 16.5. The fourth-order valence-corrected chi connectivity index (χ4v) is 8.46. The molecule has 1 fully saturated rings. The molecule has 5 atom stereocenters. The first-order valence-corrected chi connectivity index (χ1v) is 21.5. The van der Waals surface area contributed by atoms with Gasteiger partial charge in [0, 0.05) is 24.0 Å². The maximum Gasteiger partial charge on any atom is 0.407 e. The molecule has 2 aliphatic heterocycles. The van der Waals surface area contributed by atoms with Crippen molar-refractivity contribution < 1.29 is 33.4 Å². The summed E-state index contributed by atoms with van der Waals surface area (Å²) in [4.78, 5) is 72.3. The molecule has 7 rings (SSSR count). The van der Waals surface area contributed by atoms with Crippen molar-refractivity contribution >= 4 is 45.8 Å². The summed E-state index contributed by atoms with van der Waals surface area (Å²) in [5.74, 6) is 1.70. The van der Waals surface area contributed by atoms with Crippen molar-refractivity contribution in [2.24, 2.45) is 11.8 Å². The largest absolute Gasteiger partial charge is 0.488 e. The molecule has 0 bridgehead atoms. The zero-order valence-electron chi connectivity index (χ0n) is 36.2. The highest BCUT2D eigenvalue weighted by Crippen LogP contribution is 2.43. The number of unbranched alkanes of at least 4 members (excludes halogenated alkanes) is 1. The molecule has 4 amide bonds. The van der Waals surface area contributed by atoms with Crippen LogP contribution in [-0.4, -0.2) is 93.1 Å². The number of H-pyrrole nitrogens is 2. The summed E-state index contributed by atoms with van der Waals surface area (Å²) >= 11 is 0. The third-order valence-electron chi connectivity index (χ3n) is 12.5. The van der Waals surface area contributed by atoms with Crippen molar-refractivity contribution in [1.82, 2.24) is 40.4 Å².